The van der Waals surface area contributed by atoms with E-state index in [4.69, 9.17) is 0 Å². The van der Waals surface area contributed by atoms with Gasteiger partial charge in [-0.3, -0.25) is 9.69 Å². The van der Waals surface area contributed by atoms with Crippen LogP contribution in [0, 0.1) is 0 Å². The van der Waals surface area contributed by atoms with E-state index < -0.39 is 0 Å². The summed E-state index contributed by atoms with van der Waals surface area (Å²) in [6.07, 6.45) is 4.89. The summed E-state index contributed by atoms with van der Waals surface area (Å²) < 4.78 is 0. The number of likely N-dealkylation sites (tertiary alicyclic amines) is 1. The number of amides is 1. The number of benzene rings is 1. The van der Waals surface area contributed by atoms with Crippen LogP contribution in [0.25, 0.3) is 0 Å². The zero-order valence-electron chi connectivity index (χ0n) is 13.6. The van der Waals surface area contributed by atoms with Crippen molar-refractivity contribution in [3.05, 3.63) is 35.9 Å². The maximum absolute atomic E-state index is 12.8. The van der Waals surface area contributed by atoms with Crippen molar-refractivity contribution >= 4 is 5.91 Å². The van der Waals surface area contributed by atoms with Gasteiger partial charge in [0.05, 0.1) is 12.6 Å². The van der Waals surface area contributed by atoms with Gasteiger partial charge < -0.3 is 10.0 Å². The molecular weight excluding hydrogens is 276 g/mol. The van der Waals surface area contributed by atoms with E-state index in [0.29, 0.717) is 13.1 Å². The van der Waals surface area contributed by atoms with Gasteiger partial charge in [-0.25, -0.2) is 0 Å². The Labute approximate surface area is 133 Å². The third kappa shape index (κ3) is 4.82. The molecule has 1 N–H and O–H groups in total. The molecule has 0 aliphatic carbocycles. The third-order valence-electron chi connectivity index (χ3n) is 4.44. The van der Waals surface area contributed by atoms with E-state index >= 15 is 0 Å². The van der Waals surface area contributed by atoms with Gasteiger partial charge in [0.25, 0.3) is 0 Å². The molecule has 1 aliphatic heterocycles. The molecule has 1 saturated heterocycles. The van der Waals surface area contributed by atoms with Gasteiger partial charge in [0.15, 0.2) is 0 Å². The SMILES string of the molecule is CC(C(=O)N(CCO)Cc1ccccc1)N1CCCCCC1. The van der Waals surface area contributed by atoms with Gasteiger partial charge >= 0.3 is 0 Å². The topological polar surface area (TPSA) is 43.8 Å². The van der Waals surface area contributed by atoms with Crippen molar-refractivity contribution in [2.24, 2.45) is 0 Å². The van der Waals surface area contributed by atoms with Crippen LogP contribution < -0.4 is 0 Å². The van der Waals surface area contributed by atoms with Crippen LogP contribution in [-0.4, -0.2) is 53.1 Å². The predicted molar refractivity (Wildman–Crippen MR) is 88.4 cm³/mol. The molecule has 4 nitrogen and oxygen atoms in total. The molecule has 1 heterocycles. The number of carbonyl (C=O) groups is 1. The van der Waals surface area contributed by atoms with Crippen LogP contribution in [0.1, 0.15) is 38.2 Å². The minimum absolute atomic E-state index is 0.00525. The van der Waals surface area contributed by atoms with E-state index in [1.165, 1.54) is 25.7 Å². The lowest BCUT2D eigenvalue weighted by Gasteiger charge is -2.32. The van der Waals surface area contributed by atoms with E-state index in [2.05, 4.69) is 4.90 Å². The van der Waals surface area contributed by atoms with Crippen LogP contribution in [0.2, 0.25) is 0 Å². The molecule has 2 rings (SSSR count). The second-order valence-electron chi connectivity index (χ2n) is 6.10. The lowest BCUT2D eigenvalue weighted by molar-refractivity contribution is -0.137. The van der Waals surface area contributed by atoms with E-state index in [-0.39, 0.29) is 18.6 Å². The first kappa shape index (κ1) is 17.0. The Morgan fingerprint density at radius 2 is 1.82 bits per heavy atom. The number of nitrogens with zero attached hydrogens (tertiary/aromatic N) is 2. The Bertz CT molecular complexity index is 442. The molecular formula is C18H28N2O2. The Balaban J connectivity index is 2.01. The first-order valence-electron chi connectivity index (χ1n) is 8.40. The number of rotatable bonds is 6. The molecule has 122 valence electrons. The fraction of sp³-hybridized carbons (Fsp3) is 0.611. The zero-order valence-corrected chi connectivity index (χ0v) is 13.6. The van der Waals surface area contributed by atoms with Crippen LogP contribution in [-0.2, 0) is 11.3 Å². The van der Waals surface area contributed by atoms with Crippen LogP contribution in [0.4, 0.5) is 0 Å². The molecule has 0 spiro atoms. The molecule has 0 bridgehead atoms. The average Bonchev–Trinajstić information content (AvgIpc) is 2.83. The third-order valence-corrected chi connectivity index (χ3v) is 4.44. The van der Waals surface area contributed by atoms with Crippen molar-refractivity contribution in [1.82, 2.24) is 9.80 Å². The van der Waals surface area contributed by atoms with Crippen LogP contribution >= 0.6 is 0 Å². The minimum atomic E-state index is -0.103. The highest BCUT2D eigenvalue weighted by atomic mass is 16.3. The van der Waals surface area contributed by atoms with Crippen molar-refractivity contribution in [1.29, 1.82) is 0 Å². The number of aliphatic hydroxyl groups excluding tert-OH is 1. The number of aliphatic hydroxyl groups is 1. The average molecular weight is 304 g/mol. The maximum atomic E-state index is 12.8. The highest BCUT2D eigenvalue weighted by Gasteiger charge is 2.26. The Hall–Kier alpha value is -1.39. The predicted octanol–water partition coefficient (Wildman–Crippen LogP) is 2.27. The summed E-state index contributed by atoms with van der Waals surface area (Å²) in [4.78, 5) is 16.9. The summed E-state index contributed by atoms with van der Waals surface area (Å²) in [7, 11) is 0. The Morgan fingerprint density at radius 1 is 1.18 bits per heavy atom. The van der Waals surface area contributed by atoms with E-state index in [0.717, 1.165) is 18.7 Å². The first-order chi connectivity index (χ1) is 10.7. The van der Waals surface area contributed by atoms with Gasteiger partial charge in [-0.15, -0.1) is 0 Å². The summed E-state index contributed by atoms with van der Waals surface area (Å²) in [5.74, 6) is 0.125. The van der Waals surface area contributed by atoms with Crippen molar-refractivity contribution in [3.8, 4) is 0 Å². The molecule has 4 heteroatoms. The highest BCUT2D eigenvalue weighted by Crippen LogP contribution is 2.15. The summed E-state index contributed by atoms with van der Waals surface area (Å²) >= 11 is 0. The van der Waals surface area contributed by atoms with Crippen molar-refractivity contribution < 1.29 is 9.90 Å². The maximum Gasteiger partial charge on any atom is 0.240 e. The van der Waals surface area contributed by atoms with E-state index in [9.17, 15) is 9.90 Å². The van der Waals surface area contributed by atoms with Gasteiger partial charge in [0.2, 0.25) is 5.91 Å². The summed E-state index contributed by atoms with van der Waals surface area (Å²) in [6.45, 7) is 4.98. The van der Waals surface area contributed by atoms with Crippen molar-refractivity contribution in [2.45, 2.75) is 45.2 Å². The molecule has 1 atom stereocenters. The molecule has 1 amide bonds. The molecule has 1 aromatic carbocycles. The Morgan fingerprint density at radius 3 is 2.41 bits per heavy atom. The molecule has 1 aliphatic rings. The monoisotopic (exact) mass is 304 g/mol. The van der Waals surface area contributed by atoms with E-state index in [1.807, 2.05) is 37.3 Å². The highest BCUT2D eigenvalue weighted by molar-refractivity contribution is 5.81. The molecule has 0 saturated carbocycles. The van der Waals surface area contributed by atoms with E-state index in [1.54, 1.807) is 4.90 Å². The summed E-state index contributed by atoms with van der Waals surface area (Å²) in [5, 5.41) is 9.29. The lowest BCUT2D eigenvalue weighted by Crippen LogP contribution is -2.48. The molecule has 22 heavy (non-hydrogen) atoms. The van der Waals surface area contributed by atoms with Crippen molar-refractivity contribution in [3.63, 3.8) is 0 Å². The molecule has 1 unspecified atom stereocenters. The largest absolute Gasteiger partial charge is 0.395 e. The summed E-state index contributed by atoms with van der Waals surface area (Å²) in [5.41, 5.74) is 1.10. The van der Waals surface area contributed by atoms with Crippen LogP contribution in [0.5, 0.6) is 0 Å². The fourth-order valence-electron chi connectivity index (χ4n) is 3.09. The van der Waals surface area contributed by atoms with Gasteiger partial charge in [-0.05, 0) is 38.4 Å². The first-order valence-corrected chi connectivity index (χ1v) is 8.40. The second-order valence-corrected chi connectivity index (χ2v) is 6.10. The number of hydrogen-bond donors (Lipinski definition) is 1. The van der Waals surface area contributed by atoms with Gasteiger partial charge in [-0.1, -0.05) is 43.2 Å². The second kappa shape index (κ2) is 8.91. The van der Waals surface area contributed by atoms with Gasteiger partial charge in [0, 0.05) is 13.1 Å². The van der Waals surface area contributed by atoms with Crippen LogP contribution in [0.3, 0.4) is 0 Å². The standard InChI is InChI=1S/C18H28N2O2/c1-16(19-11-7-2-3-8-12-19)18(22)20(13-14-21)15-17-9-5-4-6-10-17/h4-6,9-10,16,21H,2-3,7-8,11-15H2,1H3. The molecule has 1 aromatic rings. The molecule has 0 radical (unpaired) electrons. The fourth-order valence-corrected chi connectivity index (χ4v) is 3.09. The molecule has 1 fully saturated rings. The zero-order chi connectivity index (χ0) is 15.8. The van der Waals surface area contributed by atoms with Crippen molar-refractivity contribution in [2.75, 3.05) is 26.2 Å². The molecule has 0 aromatic heterocycles. The van der Waals surface area contributed by atoms with Gasteiger partial charge in [-0.2, -0.15) is 0 Å². The quantitative estimate of drug-likeness (QED) is 0.877. The normalized spacial score (nSPS) is 17.7. The minimum Gasteiger partial charge on any atom is -0.395 e. The number of hydrogen-bond acceptors (Lipinski definition) is 3. The smallest absolute Gasteiger partial charge is 0.240 e. The summed E-state index contributed by atoms with van der Waals surface area (Å²) in [6, 6.07) is 9.88. The number of carbonyl (C=O) groups excluding carboxylic acids is 1. The van der Waals surface area contributed by atoms with Gasteiger partial charge in [0.1, 0.15) is 0 Å². The lowest BCUT2D eigenvalue weighted by atomic mass is 10.1. The Kier molecular flexibility index (Phi) is 6.87. The van der Waals surface area contributed by atoms with Crippen LogP contribution in [0.15, 0.2) is 30.3 Å².